The Morgan fingerprint density at radius 3 is 2.37 bits per heavy atom. The number of hydrogen-bond acceptors (Lipinski definition) is 4. The van der Waals surface area contributed by atoms with Gasteiger partial charge in [0.25, 0.3) is 0 Å². The number of phenolic OH excluding ortho intramolecular Hbond substituents is 1. The lowest BCUT2D eigenvalue weighted by atomic mass is 9.91. The Morgan fingerprint density at radius 1 is 1.21 bits per heavy atom. The Balaban J connectivity index is 0.00000180. The Hall–Kier alpha value is -1.13. The Labute approximate surface area is 120 Å². The molecule has 1 aromatic rings. The summed E-state index contributed by atoms with van der Waals surface area (Å²) in [7, 11) is 3.14. The zero-order valence-corrected chi connectivity index (χ0v) is 12.2. The van der Waals surface area contributed by atoms with Gasteiger partial charge in [0.1, 0.15) is 17.2 Å². The van der Waals surface area contributed by atoms with E-state index in [9.17, 15) is 5.11 Å². The number of methoxy groups -OCH3 is 2. The van der Waals surface area contributed by atoms with Crippen molar-refractivity contribution in [2.45, 2.75) is 31.7 Å². The zero-order valence-electron chi connectivity index (χ0n) is 11.4. The van der Waals surface area contributed by atoms with Crippen molar-refractivity contribution < 1.29 is 14.6 Å². The van der Waals surface area contributed by atoms with Crippen molar-refractivity contribution in [3.05, 3.63) is 17.7 Å². The fourth-order valence-corrected chi connectivity index (χ4v) is 2.76. The number of aromatic hydroxyl groups is 1. The van der Waals surface area contributed by atoms with Crippen LogP contribution >= 0.6 is 12.4 Å². The van der Waals surface area contributed by atoms with E-state index in [1.54, 1.807) is 26.4 Å². The Kier molecular flexibility index (Phi) is 5.76. The van der Waals surface area contributed by atoms with E-state index in [2.05, 4.69) is 0 Å². The lowest BCUT2D eigenvalue weighted by Gasteiger charge is -2.23. The van der Waals surface area contributed by atoms with Crippen molar-refractivity contribution in [3.8, 4) is 17.2 Å². The number of halogens is 1. The molecule has 5 heteroatoms. The SMILES string of the molecule is COc1cc(O)c([C@H](N)C2CCCC2)c(OC)c1.Cl. The molecule has 108 valence electrons. The van der Waals surface area contributed by atoms with Crippen LogP contribution < -0.4 is 15.2 Å². The van der Waals surface area contributed by atoms with E-state index >= 15 is 0 Å². The minimum atomic E-state index is -0.173. The number of nitrogens with two attached hydrogens (primary N) is 1. The zero-order chi connectivity index (χ0) is 13.1. The lowest BCUT2D eigenvalue weighted by molar-refractivity contribution is 0.358. The van der Waals surface area contributed by atoms with Gasteiger partial charge in [0.05, 0.1) is 19.8 Å². The van der Waals surface area contributed by atoms with E-state index in [1.165, 1.54) is 12.8 Å². The van der Waals surface area contributed by atoms with Gasteiger partial charge in [-0.3, -0.25) is 0 Å². The quantitative estimate of drug-likeness (QED) is 0.893. The highest BCUT2D eigenvalue weighted by Crippen LogP contribution is 2.43. The standard InChI is InChI=1S/C14H21NO3.ClH/c1-17-10-7-11(16)13(12(8-10)18-2)14(15)9-5-3-4-6-9;/h7-9,14,16H,3-6,15H2,1-2H3;1H/t14-;/m1./s1. The molecule has 0 bridgehead atoms. The van der Waals surface area contributed by atoms with Gasteiger partial charge in [-0.1, -0.05) is 12.8 Å². The minimum absolute atomic E-state index is 0. The van der Waals surface area contributed by atoms with Crippen LogP contribution in [0.25, 0.3) is 0 Å². The van der Waals surface area contributed by atoms with Crippen LogP contribution in [0.3, 0.4) is 0 Å². The fourth-order valence-electron chi connectivity index (χ4n) is 2.76. The summed E-state index contributed by atoms with van der Waals surface area (Å²) in [5, 5.41) is 10.1. The third-order valence-corrected chi connectivity index (χ3v) is 3.79. The van der Waals surface area contributed by atoms with Crippen LogP contribution in [0.15, 0.2) is 12.1 Å². The molecule has 0 spiro atoms. The van der Waals surface area contributed by atoms with Crippen molar-refractivity contribution in [1.82, 2.24) is 0 Å². The van der Waals surface area contributed by atoms with Crippen LogP contribution in [0.1, 0.15) is 37.3 Å². The number of ether oxygens (including phenoxy) is 2. The summed E-state index contributed by atoms with van der Waals surface area (Å²) in [4.78, 5) is 0. The second-order valence-electron chi connectivity index (χ2n) is 4.83. The molecule has 2 rings (SSSR count). The summed E-state index contributed by atoms with van der Waals surface area (Å²) < 4.78 is 10.4. The average molecular weight is 288 g/mol. The molecule has 0 aromatic heterocycles. The fraction of sp³-hybridized carbons (Fsp3) is 0.571. The summed E-state index contributed by atoms with van der Waals surface area (Å²) in [5.41, 5.74) is 6.99. The first-order valence-electron chi connectivity index (χ1n) is 6.37. The van der Waals surface area contributed by atoms with Crippen LogP contribution in [0.2, 0.25) is 0 Å². The van der Waals surface area contributed by atoms with Gasteiger partial charge in [0, 0.05) is 18.2 Å². The normalized spacial score (nSPS) is 16.8. The molecule has 1 aromatic carbocycles. The summed E-state index contributed by atoms with van der Waals surface area (Å²) in [5.74, 6) is 1.77. The van der Waals surface area contributed by atoms with Gasteiger partial charge in [0.15, 0.2) is 0 Å². The van der Waals surface area contributed by atoms with Gasteiger partial charge in [-0.15, -0.1) is 12.4 Å². The largest absolute Gasteiger partial charge is 0.507 e. The second-order valence-corrected chi connectivity index (χ2v) is 4.83. The predicted molar refractivity (Wildman–Crippen MR) is 77.3 cm³/mol. The molecule has 1 aliphatic carbocycles. The third kappa shape index (κ3) is 3.25. The number of benzene rings is 1. The molecule has 0 radical (unpaired) electrons. The number of phenols is 1. The summed E-state index contributed by atoms with van der Waals surface area (Å²) in [6.07, 6.45) is 4.68. The van der Waals surface area contributed by atoms with Crippen molar-refractivity contribution in [2.24, 2.45) is 11.7 Å². The maximum atomic E-state index is 10.1. The molecule has 1 aliphatic rings. The maximum Gasteiger partial charge on any atom is 0.131 e. The molecule has 1 fully saturated rings. The molecule has 4 nitrogen and oxygen atoms in total. The van der Waals surface area contributed by atoms with Crippen molar-refractivity contribution in [3.63, 3.8) is 0 Å². The molecule has 0 unspecified atom stereocenters. The molecule has 1 saturated carbocycles. The van der Waals surface area contributed by atoms with Crippen LogP contribution in [-0.2, 0) is 0 Å². The maximum absolute atomic E-state index is 10.1. The lowest BCUT2D eigenvalue weighted by Crippen LogP contribution is -2.20. The highest BCUT2D eigenvalue weighted by Gasteiger charge is 2.28. The van der Waals surface area contributed by atoms with E-state index in [0.29, 0.717) is 23.0 Å². The molecule has 0 aliphatic heterocycles. The molecule has 0 amide bonds. The monoisotopic (exact) mass is 287 g/mol. The summed E-state index contributed by atoms with van der Waals surface area (Å²) in [6, 6.07) is 3.18. The smallest absolute Gasteiger partial charge is 0.131 e. The van der Waals surface area contributed by atoms with Crippen LogP contribution in [0.5, 0.6) is 17.2 Å². The van der Waals surface area contributed by atoms with Crippen molar-refractivity contribution >= 4 is 12.4 Å². The van der Waals surface area contributed by atoms with Gasteiger partial charge < -0.3 is 20.3 Å². The highest BCUT2D eigenvalue weighted by atomic mass is 35.5. The minimum Gasteiger partial charge on any atom is -0.507 e. The molecule has 19 heavy (non-hydrogen) atoms. The predicted octanol–water partition coefficient (Wildman–Crippen LogP) is 3.02. The molecule has 1 atom stereocenters. The first-order valence-corrected chi connectivity index (χ1v) is 6.37. The third-order valence-electron chi connectivity index (χ3n) is 3.79. The van der Waals surface area contributed by atoms with Crippen LogP contribution in [0.4, 0.5) is 0 Å². The van der Waals surface area contributed by atoms with E-state index in [4.69, 9.17) is 15.2 Å². The molecular formula is C14H22ClNO3. The van der Waals surface area contributed by atoms with Gasteiger partial charge in [-0.05, 0) is 18.8 Å². The van der Waals surface area contributed by atoms with Crippen molar-refractivity contribution in [2.75, 3.05) is 14.2 Å². The molecule has 3 N–H and O–H groups in total. The van der Waals surface area contributed by atoms with E-state index < -0.39 is 0 Å². The van der Waals surface area contributed by atoms with Gasteiger partial charge in [-0.2, -0.15) is 0 Å². The second kappa shape index (κ2) is 6.87. The van der Waals surface area contributed by atoms with Gasteiger partial charge in [-0.25, -0.2) is 0 Å². The molecule has 0 saturated heterocycles. The first-order chi connectivity index (χ1) is 8.67. The molecule has 0 heterocycles. The highest BCUT2D eigenvalue weighted by molar-refractivity contribution is 5.85. The number of rotatable bonds is 4. The van der Waals surface area contributed by atoms with Gasteiger partial charge in [0.2, 0.25) is 0 Å². The van der Waals surface area contributed by atoms with Crippen molar-refractivity contribution in [1.29, 1.82) is 0 Å². The van der Waals surface area contributed by atoms with Crippen LogP contribution in [-0.4, -0.2) is 19.3 Å². The topological polar surface area (TPSA) is 64.7 Å². The number of hydrogen-bond donors (Lipinski definition) is 2. The van der Waals surface area contributed by atoms with Gasteiger partial charge >= 0.3 is 0 Å². The van der Waals surface area contributed by atoms with E-state index in [0.717, 1.165) is 12.8 Å². The first kappa shape index (κ1) is 15.9. The summed E-state index contributed by atoms with van der Waals surface area (Å²) in [6.45, 7) is 0. The molecular weight excluding hydrogens is 266 g/mol. The average Bonchev–Trinajstić information content (AvgIpc) is 2.90. The van der Waals surface area contributed by atoms with E-state index in [-0.39, 0.29) is 24.2 Å². The van der Waals surface area contributed by atoms with Crippen LogP contribution in [0, 0.1) is 5.92 Å². The summed E-state index contributed by atoms with van der Waals surface area (Å²) >= 11 is 0. The Bertz CT molecular complexity index is 419. The van der Waals surface area contributed by atoms with E-state index in [1.807, 2.05) is 0 Å². The Morgan fingerprint density at radius 2 is 1.84 bits per heavy atom.